The lowest BCUT2D eigenvalue weighted by Gasteiger charge is -2.12. The first-order valence-corrected chi connectivity index (χ1v) is 5.82. The van der Waals surface area contributed by atoms with Gasteiger partial charge in [0.15, 0.2) is 0 Å². The van der Waals surface area contributed by atoms with E-state index in [0.717, 1.165) is 0 Å². The third-order valence-corrected chi connectivity index (χ3v) is 2.38. The molecule has 0 aliphatic heterocycles. The van der Waals surface area contributed by atoms with Gasteiger partial charge in [0.05, 0.1) is 17.8 Å². The fourth-order valence-corrected chi connectivity index (χ4v) is 1.45. The summed E-state index contributed by atoms with van der Waals surface area (Å²) < 4.78 is 36.1. The maximum absolute atomic E-state index is 12.0. The zero-order valence-corrected chi connectivity index (χ0v) is 10.5. The summed E-state index contributed by atoms with van der Waals surface area (Å²) >= 11 is 0. The van der Waals surface area contributed by atoms with Crippen LogP contribution in [0.2, 0.25) is 0 Å². The lowest BCUT2D eigenvalue weighted by Crippen LogP contribution is -2.23. The number of hydrogen-bond donors (Lipinski definition) is 3. The minimum Gasteiger partial charge on any atom is -0.397 e. The molecule has 0 saturated carbocycles. The van der Waals surface area contributed by atoms with Crippen LogP contribution in [0.5, 0.6) is 0 Å². The minimum absolute atomic E-state index is 0.285. The van der Waals surface area contributed by atoms with Crippen LogP contribution in [0.1, 0.15) is 23.7 Å². The largest absolute Gasteiger partial charge is 0.397 e. The molecule has 1 amide bonds. The van der Waals surface area contributed by atoms with Crippen LogP contribution in [0, 0.1) is 0 Å². The van der Waals surface area contributed by atoms with E-state index in [4.69, 9.17) is 5.73 Å². The van der Waals surface area contributed by atoms with Crippen molar-refractivity contribution in [1.82, 2.24) is 5.32 Å². The second kappa shape index (κ2) is 6.31. The molecule has 0 unspecified atom stereocenters. The maximum Gasteiger partial charge on any atom is 0.390 e. The molecule has 0 aliphatic rings. The fraction of sp³-hybridized carbons (Fsp3) is 0.417. The summed E-state index contributed by atoms with van der Waals surface area (Å²) in [6.45, 7) is 1.96. The van der Waals surface area contributed by atoms with Crippen LogP contribution in [0.3, 0.4) is 0 Å². The highest BCUT2D eigenvalue weighted by Gasteiger charge is 2.26. The van der Waals surface area contributed by atoms with Crippen molar-refractivity contribution in [2.45, 2.75) is 19.5 Å². The zero-order chi connectivity index (χ0) is 14.5. The number of nitrogens with two attached hydrogens (primary N) is 1. The molecule has 0 heterocycles. The molecule has 7 heteroatoms. The predicted molar refractivity (Wildman–Crippen MR) is 68.0 cm³/mol. The second-order valence-corrected chi connectivity index (χ2v) is 3.95. The van der Waals surface area contributed by atoms with Gasteiger partial charge >= 0.3 is 6.18 Å². The quantitative estimate of drug-likeness (QED) is 0.723. The van der Waals surface area contributed by atoms with Crippen molar-refractivity contribution in [3.8, 4) is 0 Å². The lowest BCUT2D eigenvalue weighted by atomic mass is 10.1. The van der Waals surface area contributed by atoms with Crippen LogP contribution in [0.4, 0.5) is 24.5 Å². The van der Waals surface area contributed by atoms with E-state index in [1.165, 1.54) is 18.2 Å². The normalized spacial score (nSPS) is 11.2. The summed E-state index contributed by atoms with van der Waals surface area (Å²) in [6.07, 6.45) is -5.18. The molecule has 106 valence electrons. The molecule has 1 aromatic carbocycles. The van der Waals surface area contributed by atoms with Crippen molar-refractivity contribution in [3.63, 3.8) is 0 Å². The average molecular weight is 275 g/mol. The minimum atomic E-state index is -4.22. The Labute approximate surface area is 109 Å². The summed E-state index contributed by atoms with van der Waals surface area (Å²) in [5.74, 6) is -0.290. The number of halogens is 3. The van der Waals surface area contributed by atoms with E-state index in [1.54, 1.807) is 6.92 Å². The van der Waals surface area contributed by atoms with E-state index >= 15 is 0 Å². The third-order valence-electron chi connectivity index (χ3n) is 2.38. The third kappa shape index (κ3) is 5.07. The van der Waals surface area contributed by atoms with Gasteiger partial charge in [-0.25, -0.2) is 0 Å². The topological polar surface area (TPSA) is 67.2 Å². The van der Waals surface area contributed by atoms with Crippen molar-refractivity contribution < 1.29 is 18.0 Å². The van der Waals surface area contributed by atoms with Crippen molar-refractivity contribution in [2.75, 3.05) is 24.1 Å². The Morgan fingerprint density at radius 1 is 1.37 bits per heavy atom. The van der Waals surface area contributed by atoms with Gasteiger partial charge in [0.2, 0.25) is 0 Å². The summed E-state index contributed by atoms with van der Waals surface area (Å²) in [6, 6.07) is 4.45. The molecular formula is C12H16F3N3O. The van der Waals surface area contributed by atoms with Gasteiger partial charge in [-0.15, -0.1) is 0 Å². The number of nitrogens with one attached hydrogen (secondary N) is 2. The molecule has 4 N–H and O–H groups in total. The Morgan fingerprint density at radius 2 is 2.05 bits per heavy atom. The van der Waals surface area contributed by atoms with Gasteiger partial charge in [0.1, 0.15) is 0 Å². The number of anilines is 2. The van der Waals surface area contributed by atoms with E-state index < -0.39 is 12.6 Å². The standard InChI is InChI=1S/C12H16F3N3O/c1-2-17-11(19)8-3-4-9(16)10(7-8)18-6-5-12(13,14)15/h3-4,7,18H,2,5-6,16H2,1H3,(H,17,19). The van der Waals surface area contributed by atoms with Crippen LogP contribution >= 0.6 is 0 Å². The number of amides is 1. The highest BCUT2D eigenvalue weighted by Crippen LogP contribution is 2.23. The monoisotopic (exact) mass is 275 g/mol. The maximum atomic E-state index is 12.0. The first kappa shape index (κ1) is 15.1. The van der Waals surface area contributed by atoms with Gasteiger partial charge in [0, 0.05) is 18.7 Å². The van der Waals surface area contributed by atoms with E-state index in [-0.39, 0.29) is 12.5 Å². The van der Waals surface area contributed by atoms with Gasteiger partial charge < -0.3 is 16.4 Å². The smallest absolute Gasteiger partial charge is 0.390 e. The Kier molecular flexibility index (Phi) is 5.02. The number of nitrogen functional groups attached to an aromatic ring is 1. The molecule has 0 radical (unpaired) electrons. The first-order chi connectivity index (χ1) is 8.83. The summed E-state index contributed by atoms with van der Waals surface area (Å²) in [4.78, 5) is 11.6. The molecule has 0 aliphatic carbocycles. The summed E-state index contributed by atoms with van der Waals surface area (Å²) in [5.41, 5.74) is 6.62. The van der Waals surface area contributed by atoms with Gasteiger partial charge in [-0.05, 0) is 25.1 Å². The Morgan fingerprint density at radius 3 is 2.63 bits per heavy atom. The van der Waals surface area contributed by atoms with Crippen LogP contribution < -0.4 is 16.4 Å². The van der Waals surface area contributed by atoms with E-state index in [9.17, 15) is 18.0 Å². The highest BCUT2D eigenvalue weighted by molar-refractivity contribution is 5.96. The molecule has 0 aromatic heterocycles. The molecule has 1 rings (SSSR count). The van der Waals surface area contributed by atoms with Crippen LogP contribution in [0.15, 0.2) is 18.2 Å². The summed E-state index contributed by atoms with van der Waals surface area (Å²) in [7, 11) is 0. The van der Waals surface area contributed by atoms with Gasteiger partial charge in [0.25, 0.3) is 5.91 Å². The SMILES string of the molecule is CCNC(=O)c1ccc(N)c(NCCC(F)(F)F)c1. The van der Waals surface area contributed by atoms with Crippen molar-refractivity contribution in [3.05, 3.63) is 23.8 Å². The molecule has 0 spiro atoms. The molecular weight excluding hydrogens is 259 g/mol. The van der Waals surface area contributed by atoms with Crippen molar-refractivity contribution in [2.24, 2.45) is 0 Å². The second-order valence-electron chi connectivity index (χ2n) is 3.95. The highest BCUT2D eigenvalue weighted by atomic mass is 19.4. The van der Waals surface area contributed by atoms with Crippen molar-refractivity contribution in [1.29, 1.82) is 0 Å². The number of carbonyl (C=O) groups excluding carboxylic acids is 1. The van der Waals surface area contributed by atoms with Crippen molar-refractivity contribution >= 4 is 17.3 Å². The predicted octanol–water partition coefficient (Wildman–Crippen LogP) is 2.38. The number of benzene rings is 1. The van der Waals surface area contributed by atoms with Crippen LogP contribution in [-0.4, -0.2) is 25.2 Å². The van der Waals surface area contributed by atoms with Crippen LogP contribution in [-0.2, 0) is 0 Å². The fourth-order valence-electron chi connectivity index (χ4n) is 1.45. The van der Waals surface area contributed by atoms with Gasteiger partial charge in [-0.1, -0.05) is 0 Å². The Balaban J connectivity index is 2.72. The van der Waals surface area contributed by atoms with Gasteiger partial charge in [-0.3, -0.25) is 4.79 Å². The number of alkyl halides is 3. The van der Waals surface area contributed by atoms with Crippen LogP contribution in [0.25, 0.3) is 0 Å². The van der Waals surface area contributed by atoms with Gasteiger partial charge in [-0.2, -0.15) is 13.2 Å². The Hall–Kier alpha value is -1.92. The molecule has 0 bridgehead atoms. The molecule has 19 heavy (non-hydrogen) atoms. The number of rotatable bonds is 5. The summed E-state index contributed by atoms with van der Waals surface area (Å²) in [5, 5.41) is 5.18. The number of hydrogen-bond acceptors (Lipinski definition) is 3. The van der Waals surface area contributed by atoms with E-state index in [0.29, 0.717) is 23.5 Å². The average Bonchev–Trinajstić information content (AvgIpc) is 2.30. The zero-order valence-electron chi connectivity index (χ0n) is 10.5. The molecule has 4 nitrogen and oxygen atoms in total. The molecule has 0 fully saturated rings. The van der Waals surface area contributed by atoms with E-state index in [1.807, 2.05) is 0 Å². The molecule has 0 atom stereocenters. The lowest BCUT2D eigenvalue weighted by molar-refractivity contribution is -0.131. The number of carbonyl (C=O) groups is 1. The molecule has 0 saturated heterocycles. The molecule has 1 aromatic rings. The first-order valence-electron chi connectivity index (χ1n) is 5.82. The van der Waals surface area contributed by atoms with E-state index in [2.05, 4.69) is 10.6 Å². The Bertz CT molecular complexity index is 446.